The molecule has 0 spiro atoms. The molecule has 122 valence electrons. The van der Waals surface area contributed by atoms with Crippen molar-refractivity contribution in [3.8, 4) is 0 Å². The number of H-pyrrole nitrogens is 1. The highest BCUT2D eigenvalue weighted by molar-refractivity contribution is 7.87. The van der Waals surface area contributed by atoms with Crippen LogP contribution in [0.15, 0.2) is 23.1 Å². The van der Waals surface area contributed by atoms with Crippen LogP contribution < -0.4 is 5.73 Å². The van der Waals surface area contributed by atoms with Crippen molar-refractivity contribution >= 4 is 44.5 Å². The molecule has 1 aromatic carbocycles. The van der Waals surface area contributed by atoms with Crippen LogP contribution in [-0.2, 0) is 19.1 Å². The summed E-state index contributed by atoms with van der Waals surface area (Å²) in [7, 11) is -4.50. The fraction of sp³-hybridized carbons (Fsp3) is 0.286. The molecule has 0 bridgehead atoms. The van der Waals surface area contributed by atoms with Crippen molar-refractivity contribution in [1.82, 2.24) is 4.98 Å². The van der Waals surface area contributed by atoms with Crippen molar-refractivity contribution in [2.45, 2.75) is 24.2 Å². The SMILES string of the molecule is NC(=O)c1[nH]c2ccc(Cl)cc2c1S(=O)(=O)OC(=O)C1CCC1. The Balaban J connectivity index is 2.12. The molecular weight excluding hydrogens is 344 g/mol. The predicted molar refractivity (Wildman–Crippen MR) is 82.4 cm³/mol. The number of halogens is 1. The fourth-order valence-corrected chi connectivity index (χ4v) is 3.88. The molecule has 0 unspecified atom stereocenters. The van der Waals surface area contributed by atoms with Gasteiger partial charge in [-0.05, 0) is 31.0 Å². The maximum absolute atomic E-state index is 12.5. The molecule has 0 aliphatic heterocycles. The summed E-state index contributed by atoms with van der Waals surface area (Å²) < 4.78 is 29.7. The lowest BCUT2D eigenvalue weighted by Gasteiger charge is -2.22. The van der Waals surface area contributed by atoms with Crippen LogP contribution in [0.4, 0.5) is 0 Å². The Morgan fingerprint density at radius 1 is 1.30 bits per heavy atom. The number of nitrogens with two attached hydrogens (primary N) is 1. The van der Waals surface area contributed by atoms with Gasteiger partial charge in [0.2, 0.25) is 0 Å². The summed E-state index contributed by atoms with van der Waals surface area (Å²) >= 11 is 5.88. The molecule has 1 heterocycles. The summed E-state index contributed by atoms with van der Waals surface area (Å²) in [6.45, 7) is 0. The van der Waals surface area contributed by atoms with Crippen molar-refractivity contribution in [3.63, 3.8) is 0 Å². The van der Waals surface area contributed by atoms with E-state index in [4.69, 9.17) is 17.3 Å². The maximum Gasteiger partial charge on any atom is 0.344 e. The molecule has 3 rings (SSSR count). The van der Waals surface area contributed by atoms with Gasteiger partial charge in [0.05, 0.1) is 5.92 Å². The van der Waals surface area contributed by atoms with E-state index in [1.54, 1.807) is 0 Å². The first-order valence-corrected chi connectivity index (χ1v) is 8.67. The van der Waals surface area contributed by atoms with E-state index >= 15 is 0 Å². The van der Waals surface area contributed by atoms with Gasteiger partial charge < -0.3 is 14.9 Å². The van der Waals surface area contributed by atoms with Gasteiger partial charge >= 0.3 is 16.1 Å². The summed E-state index contributed by atoms with van der Waals surface area (Å²) in [6, 6.07) is 4.41. The molecule has 1 aliphatic rings. The minimum atomic E-state index is -4.50. The van der Waals surface area contributed by atoms with Crippen LogP contribution in [0.1, 0.15) is 29.8 Å². The van der Waals surface area contributed by atoms with Gasteiger partial charge in [-0.3, -0.25) is 9.59 Å². The van der Waals surface area contributed by atoms with Gasteiger partial charge in [-0.1, -0.05) is 18.0 Å². The van der Waals surface area contributed by atoms with Crippen LogP contribution in [0.3, 0.4) is 0 Å². The first kappa shape index (κ1) is 15.8. The third kappa shape index (κ3) is 2.79. The first-order chi connectivity index (χ1) is 10.8. The van der Waals surface area contributed by atoms with Gasteiger partial charge in [-0.25, -0.2) is 0 Å². The molecule has 1 aliphatic carbocycles. The summed E-state index contributed by atoms with van der Waals surface area (Å²) in [6.07, 6.45) is 2.04. The summed E-state index contributed by atoms with van der Waals surface area (Å²) in [5.41, 5.74) is 5.24. The normalized spacial score (nSPS) is 15.3. The van der Waals surface area contributed by atoms with Crippen LogP contribution in [0, 0.1) is 5.92 Å². The highest BCUT2D eigenvalue weighted by Gasteiger charge is 2.35. The van der Waals surface area contributed by atoms with E-state index in [0.29, 0.717) is 18.4 Å². The van der Waals surface area contributed by atoms with Gasteiger partial charge in [0, 0.05) is 15.9 Å². The third-order valence-corrected chi connectivity index (χ3v) is 5.38. The number of amides is 1. The summed E-state index contributed by atoms with van der Waals surface area (Å²) in [5.74, 6) is -2.21. The number of carbonyl (C=O) groups is 2. The number of aromatic amines is 1. The number of rotatable bonds is 4. The van der Waals surface area contributed by atoms with Gasteiger partial charge in [0.15, 0.2) is 0 Å². The largest absolute Gasteiger partial charge is 0.364 e. The van der Waals surface area contributed by atoms with Crippen LogP contribution in [0.5, 0.6) is 0 Å². The number of fused-ring (bicyclic) bond motifs is 1. The summed E-state index contributed by atoms with van der Waals surface area (Å²) in [4.78, 5) is 25.6. The standard InChI is InChI=1S/C14H13ClN2O5S/c15-8-4-5-10-9(6-8)12(11(17-10)13(16)18)23(20,21)22-14(19)7-2-1-3-7/h4-7,17H,1-3H2,(H2,16,18). The number of benzene rings is 1. The van der Waals surface area contributed by atoms with E-state index in [9.17, 15) is 18.0 Å². The molecule has 0 atom stereocenters. The molecule has 1 fully saturated rings. The average Bonchev–Trinajstić information content (AvgIpc) is 2.75. The minimum Gasteiger partial charge on any atom is -0.364 e. The van der Waals surface area contributed by atoms with Crippen LogP contribution in [0.25, 0.3) is 10.9 Å². The Morgan fingerprint density at radius 3 is 2.57 bits per heavy atom. The van der Waals surface area contributed by atoms with Gasteiger partial charge in [0.25, 0.3) is 5.91 Å². The zero-order valence-corrected chi connectivity index (χ0v) is 13.4. The molecule has 1 saturated carbocycles. The Hall–Kier alpha value is -2.06. The van der Waals surface area contributed by atoms with E-state index in [1.807, 2.05) is 0 Å². The van der Waals surface area contributed by atoms with Crippen molar-refractivity contribution in [1.29, 1.82) is 0 Å². The molecule has 1 aromatic heterocycles. The highest BCUT2D eigenvalue weighted by atomic mass is 35.5. The zero-order chi connectivity index (χ0) is 16.8. The lowest BCUT2D eigenvalue weighted by Crippen LogP contribution is -2.27. The molecule has 0 radical (unpaired) electrons. The smallest absolute Gasteiger partial charge is 0.344 e. The Kier molecular flexibility index (Phi) is 3.81. The Labute approximate surface area is 136 Å². The fourth-order valence-electron chi connectivity index (χ4n) is 2.43. The van der Waals surface area contributed by atoms with Crippen molar-refractivity contribution in [3.05, 3.63) is 28.9 Å². The van der Waals surface area contributed by atoms with Crippen molar-refractivity contribution in [2.24, 2.45) is 11.7 Å². The molecule has 2 aromatic rings. The average molecular weight is 357 g/mol. The van der Waals surface area contributed by atoms with Crippen molar-refractivity contribution < 1.29 is 22.2 Å². The molecule has 7 nitrogen and oxygen atoms in total. The minimum absolute atomic E-state index is 0.146. The molecule has 23 heavy (non-hydrogen) atoms. The number of primary amides is 1. The van der Waals surface area contributed by atoms with Gasteiger partial charge in [-0.2, -0.15) is 8.42 Å². The van der Waals surface area contributed by atoms with Crippen LogP contribution >= 0.6 is 11.6 Å². The zero-order valence-electron chi connectivity index (χ0n) is 11.8. The predicted octanol–water partition coefficient (Wildman–Crippen LogP) is 1.95. The third-order valence-electron chi connectivity index (χ3n) is 3.84. The molecule has 0 saturated heterocycles. The second-order valence-electron chi connectivity index (χ2n) is 5.37. The Morgan fingerprint density at radius 2 is 2.00 bits per heavy atom. The number of nitrogens with one attached hydrogen (secondary N) is 1. The second-order valence-corrected chi connectivity index (χ2v) is 7.29. The number of hydrogen-bond donors (Lipinski definition) is 2. The molecule has 1 amide bonds. The number of aromatic nitrogens is 1. The summed E-state index contributed by atoms with van der Waals surface area (Å²) in [5, 5.41) is 0.419. The van der Waals surface area contributed by atoms with E-state index in [1.165, 1.54) is 18.2 Å². The maximum atomic E-state index is 12.5. The highest BCUT2D eigenvalue weighted by Crippen LogP contribution is 2.33. The quantitative estimate of drug-likeness (QED) is 0.811. The van der Waals surface area contributed by atoms with Gasteiger partial charge in [0.1, 0.15) is 10.6 Å². The lowest BCUT2D eigenvalue weighted by molar-refractivity contribution is -0.141. The monoisotopic (exact) mass is 356 g/mol. The molecular formula is C14H13ClN2O5S. The molecule has 9 heteroatoms. The molecule has 3 N–H and O–H groups in total. The topological polar surface area (TPSA) is 119 Å². The number of carbonyl (C=O) groups excluding carboxylic acids is 2. The lowest BCUT2D eigenvalue weighted by atomic mass is 9.86. The second kappa shape index (κ2) is 5.54. The van der Waals surface area contributed by atoms with E-state index in [-0.39, 0.29) is 16.1 Å². The van der Waals surface area contributed by atoms with E-state index in [2.05, 4.69) is 9.17 Å². The van der Waals surface area contributed by atoms with E-state index < -0.39 is 32.8 Å². The van der Waals surface area contributed by atoms with E-state index in [0.717, 1.165) is 6.42 Å². The number of hydrogen-bond acceptors (Lipinski definition) is 5. The first-order valence-electron chi connectivity index (χ1n) is 6.89. The van der Waals surface area contributed by atoms with Gasteiger partial charge in [-0.15, -0.1) is 0 Å². The van der Waals surface area contributed by atoms with Crippen molar-refractivity contribution in [2.75, 3.05) is 0 Å². The van der Waals surface area contributed by atoms with Crippen LogP contribution in [-0.4, -0.2) is 25.3 Å². The van der Waals surface area contributed by atoms with Crippen LogP contribution in [0.2, 0.25) is 5.02 Å². The Bertz CT molecular complexity index is 915.